The van der Waals surface area contributed by atoms with Crippen molar-refractivity contribution in [2.45, 2.75) is 0 Å². The summed E-state index contributed by atoms with van der Waals surface area (Å²) in [5.74, 6) is 0. The molecule has 1 N–H and O–H groups in total. The van der Waals surface area contributed by atoms with E-state index in [1.54, 1.807) is 16.7 Å². The predicted octanol–water partition coefficient (Wildman–Crippen LogP) is 1.76. The number of nitrogens with one attached hydrogen (secondary N) is 1. The average Bonchev–Trinajstić information content (AvgIpc) is 2.81. The zero-order chi connectivity index (χ0) is 11.8. The molecule has 84 valence electrons. The summed E-state index contributed by atoms with van der Waals surface area (Å²) < 4.78 is 1.75. The van der Waals surface area contributed by atoms with Crippen molar-refractivity contribution in [3.8, 4) is 5.69 Å². The summed E-state index contributed by atoms with van der Waals surface area (Å²) in [6, 6.07) is 7.23. The minimum atomic E-state index is -0.293. The lowest BCUT2D eigenvalue weighted by atomic mass is 10.3. The van der Waals surface area contributed by atoms with Gasteiger partial charge in [0, 0.05) is 10.7 Å². The Morgan fingerprint density at radius 3 is 2.76 bits per heavy atom. The highest BCUT2D eigenvalue weighted by Gasteiger charge is 2.06. The molecule has 0 spiro atoms. The van der Waals surface area contributed by atoms with Crippen molar-refractivity contribution in [1.82, 2.24) is 19.7 Å². The third-order valence-electron chi connectivity index (χ3n) is 2.49. The second-order valence-corrected chi connectivity index (χ2v) is 3.96. The van der Waals surface area contributed by atoms with E-state index in [1.807, 2.05) is 12.1 Å². The fraction of sp³-hybridized carbons (Fsp3) is 0. The molecule has 3 rings (SSSR count). The zero-order valence-electron chi connectivity index (χ0n) is 8.59. The molecule has 0 saturated carbocycles. The zero-order valence-corrected chi connectivity index (χ0v) is 9.35. The van der Waals surface area contributed by atoms with Crippen LogP contribution in [0.5, 0.6) is 0 Å². The van der Waals surface area contributed by atoms with E-state index in [9.17, 15) is 4.79 Å². The molecule has 0 fully saturated rings. The summed E-state index contributed by atoms with van der Waals surface area (Å²) in [6.45, 7) is 0. The van der Waals surface area contributed by atoms with Crippen LogP contribution in [0, 0.1) is 0 Å². The van der Waals surface area contributed by atoms with Crippen molar-refractivity contribution in [3.05, 3.63) is 52.2 Å². The van der Waals surface area contributed by atoms with E-state index in [4.69, 9.17) is 11.6 Å². The molecule has 0 bridgehead atoms. The maximum atomic E-state index is 11.5. The highest BCUT2D eigenvalue weighted by Crippen LogP contribution is 2.15. The van der Waals surface area contributed by atoms with Gasteiger partial charge in [0.25, 0.3) is 5.56 Å². The van der Waals surface area contributed by atoms with E-state index >= 15 is 0 Å². The van der Waals surface area contributed by atoms with Crippen LogP contribution in [0.1, 0.15) is 0 Å². The van der Waals surface area contributed by atoms with Gasteiger partial charge in [0.05, 0.1) is 6.20 Å². The Morgan fingerprint density at radius 1 is 1.24 bits per heavy atom. The molecule has 0 aliphatic carbocycles. The van der Waals surface area contributed by atoms with Crippen molar-refractivity contribution in [3.63, 3.8) is 0 Å². The number of hydrogen-bond acceptors (Lipinski definition) is 3. The van der Waals surface area contributed by atoms with Gasteiger partial charge in [-0.1, -0.05) is 11.6 Å². The normalized spacial score (nSPS) is 10.9. The summed E-state index contributed by atoms with van der Waals surface area (Å²) in [4.78, 5) is 15.3. The second kappa shape index (κ2) is 3.71. The lowest BCUT2D eigenvalue weighted by Gasteiger charge is -2.06. The largest absolute Gasteiger partial charge is 0.285 e. The fourth-order valence-electron chi connectivity index (χ4n) is 1.65. The van der Waals surface area contributed by atoms with Gasteiger partial charge in [-0.05, 0) is 24.3 Å². The number of halogens is 1. The molecule has 0 aliphatic rings. The van der Waals surface area contributed by atoms with E-state index in [0.29, 0.717) is 16.1 Å². The lowest BCUT2D eigenvalue weighted by Crippen LogP contribution is -2.10. The van der Waals surface area contributed by atoms with Crippen LogP contribution in [0.25, 0.3) is 16.7 Å². The van der Waals surface area contributed by atoms with Gasteiger partial charge in [0.1, 0.15) is 17.4 Å². The molecular formula is C11H7ClN4O. The van der Waals surface area contributed by atoms with Gasteiger partial charge in [0.2, 0.25) is 0 Å². The van der Waals surface area contributed by atoms with Gasteiger partial charge in [0.15, 0.2) is 0 Å². The van der Waals surface area contributed by atoms with Crippen molar-refractivity contribution in [2.75, 3.05) is 0 Å². The average molecular weight is 247 g/mol. The van der Waals surface area contributed by atoms with Crippen molar-refractivity contribution in [2.24, 2.45) is 0 Å². The second-order valence-electron chi connectivity index (χ2n) is 3.53. The molecule has 17 heavy (non-hydrogen) atoms. The molecule has 2 heterocycles. The maximum absolute atomic E-state index is 11.5. The Balaban J connectivity index is 2.31. The molecule has 3 aromatic rings. The van der Waals surface area contributed by atoms with E-state index in [0.717, 1.165) is 5.69 Å². The molecule has 0 radical (unpaired) electrons. The van der Waals surface area contributed by atoms with Crippen LogP contribution in [0.4, 0.5) is 0 Å². The summed E-state index contributed by atoms with van der Waals surface area (Å²) in [7, 11) is 0. The van der Waals surface area contributed by atoms with Gasteiger partial charge >= 0.3 is 0 Å². The Morgan fingerprint density at radius 2 is 2.00 bits per heavy atom. The summed E-state index contributed by atoms with van der Waals surface area (Å²) in [5, 5.41) is 7.75. The first-order valence-corrected chi connectivity index (χ1v) is 5.30. The number of rotatable bonds is 1. The summed E-state index contributed by atoms with van der Waals surface area (Å²) in [5.41, 5.74) is 1.18. The Hall–Kier alpha value is -2.14. The number of fused-ring (bicyclic) bond motifs is 1. The predicted molar refractivity (Wildman–Crippen MR) is 64.5 cm³/mol. The number of benzene rings is 1. The van der Waals surface area contributed by atoms with Crippen LogP contribution in [-0.2, 0) is 0 Å². The molecule has 6 heteroatoms. The van der Waals surface area contributed by atoms with Crippen molar-refractivity contribution in [1.29, 1.82) is 0 Å². The number of aromatic nitrogens is 4. The van der Waals surface area contributed by atoms with E-state index in [1.165, 1.54) is 12.5 Å². The SMILES string of the molecule is O=c1ncn(-c2ccc(Cl)cc2)c2[nH]ncc12. The van der Waals surface area contributed by atoms with E-state index < -0.39 is 0 Å². The first-order chi connectivity index (χ1) is 8.25. The van der Waals surface area contributed by atoms with Crippen LogP contribution >= 0.6 is 11.6 Å². The van der Waals surface area contributed by atoms with Crippen LogP contribution in [-0.4, -0.2) is 19.7 Å². The minimum Gasteiger partial charge on any atom is -0.285 e. The smallest absolute Gasteiger partial charge is 0.283 e. The first-order valence-electron chi connectivity index (χ1n) is 4.92. The van der Waals surface area contributed by atoms with E-state index in [2.05, 4.69) is 15.2 Å². The van der Waals surface area contributed by atoms with Crippen LogP contribution in [0.15, 0.2) is 41.6 Å². The number of aromatic amines is 1. The standard InChI is InChI=1S/C11H7ClN4O/c12-7-1-3-8(4-2-7)16-6-13-11(17)9-5-14-15-10(9)16/h1-6H,(H,14,15). The third kappa shape index (κ3) is 1.60. The van der Waals surface area contributed by atoms with Crippen LogP contribution in [0.3, 0.4) is 0 Å². The molecule has 0 unspecified atom stereocenters. The number of nitrogens with zero attached hydrogens (tertiary/aromatic N) is 3. The van der Waals surface area contributed by atoms with Gasteiger partial charge in [-0.25, -0.2) is 0 Å². The molecule has 0 atom stereocenters. The number of H-pyrrole nitrogens is 1. The van der Waals surface area contributed by atoms with Crippen LogP contribution < -0.4 is 5.56 Å². The Kier molecular flexibility index (Phi) is 2.19. The van der Waals surface area contributed by atoms with Gasteiger partial charge in [-0.2, -0.15) is 10.1 Å². The molecule has 5 nitrogen and oxygen atoms in total. The minimum absolute atomic E-state index is 0.293. The molecule has 1 aromatic carbocycles. The molecular weight excluding hydrogens is 240 g/mol. The maximum Gasteiger partial charge on any atom is 0.283 e. The van der Waals surface area contributed by atoms with Crippen molar-refractivity contribution >= 4 is 22.6 Å². The summed E-state index contributed by atoms with van der Waals surface area (Å²) in [6.07, 6.45) is 2.93. The quantitative estimate of drug-likeness (QED) is 0.712. The van der Waals surface area contributed by atoms with Crippen molar-refractivity contribution < 1.29 is 0 Å². The van der Waals surface area contributed by atoms with E-state index in [-0.39, 0.29) is 5.56 Å². The first kappa shape index (κ1) is 10.0. The molecule has 2 aromatic heterocycles. The van der Waals surface area contributed by atoms with Gasteiger partial charge in [-0.3, -0.25) is 14.5 Å². The summed E-state index contributed by atoms with van der Waals surface area (Å²) >= 11 is 5.83. The molecule has 0 amide bonds. The molecule has 0 saturated heterocycles. The highest BCUT2D eigenvalue weighted by atomic mass is 35.5. The van der Waals surface area contributed by atoms with Gasteiger partial charge < -0.3 is 0 Å². The topological polar surface area (TPSA) is 63.6 Å². The Labute approximate surface area is 101 Å². The third-order valence-corrected chi connectivity index (χ3v) is 2.74. The Bertz CT molecular complexity index is 729. The molecule has 0 aliphatic heterocycles. The van der Waals surface area contributed by atoms with Crippen LogP contribution in [0.2, 0.25) is 5.02 Å². The fourth-order valence-corrected chi connectivity index (χ4v) is 1.78. The lowest BCUT2D eigenvalue weighted by molar-refractivity contribution is 0.978. The number of hydrogen-bond donors (Lipinski definition) is 1. The highest BCUT2D eigenvalue weighted by molar-refractivity contribution is 6.30. The van der Waals surface area contributed by atoms with Gasteiger partial charge in [-0.15, -0.1) is 0 Å². The monoisotopic (exact) mass is 246 g/mol.